The molecular formula is C14H28N2. The molecule has 0 amide bonds. The molecule has 94 valence electrons. The Balaban J connectivity index is 2.00. The van der Waals surface area contributed by atoms with Crippen LogP contribution < -0.4 is 5.32 Å². The van der Waals surface area contributed by atoms with E-state index in [0.29, 0.717) is 0 Å². The third kappa shape index (κ3) is 2.14. The van der Waals surface area contributed by atoms with Crippen molar-refractivity contribution in [1.29, 1.82) is 0 Å². The average Bonchev–Trinajstić information content (AvgIpc) is 2.54. The molecule has 4 unspecified atom stereocenters. The molecule has 16 heavy (non-hydrogen) atoms. The van der Waals surface area contributed by atoms with E-state index in [1.54, 1.807) is 0 Å². The number of hydrogen-bond donors (Lipinski definition) is 1. The molecule has 2 bridgehead atoms. The molecule has 4 atom stereocenters. The molecule has 0 aromatic carbocycles. The summed E-state index contributed by atoms with van der Waals surface area (Å²) >= 11 is 0. The number of rotatable bonds is 4. The first-order valence-electron chi connectivity index (χ1n) is 7.06. The molecule has 0 aromatic heterocycles. The fourth-order valence-electron chi connectivity index (χ4n) is 3.99. The lowest BCUT2D eigenvalue weighted by Gasteiger charge is -2.41. The van der Waals surface area contributed by atoms with E-state index in [9.17, 15) is 0 Å². The Morgan fingerprint density at radius 1 is 1.25 bits per heavy atom. The van der Waals surface area contributed by atoms with Crippen molar-refractivity contribution in [1.82, 2.24) is 10.2 Å². The number of piperidine rings is 1. The van der Waals surface area contributed by atoms with E-state index in [2.05, 4.69) is 38.2 Å². The largest absolute Gasteiger partial charge is 0.316 e. The summed E-state index contributed by atoms with van der Waals surface area (Å²) < 4.78 is 0. The first-order valence-corrected chi connectivity index (χ1v) is 7.06. The van der Waals surface area contributed by atoms with Crippen LogP contribution in [0.1, 0.15) is 46.0 Å². The van der Waals surface area contributed by atoms with E-state index < -0.39 is 0 Å². The number of hydrogen-bond acceptors (Lipinski definition) is 2. The van der Waals surface area contributed by atoms with Crippen molar-refractivity contribution in [3.8, 4) is 0 Å². The Hall–Kier alpha value is -0.0800. The molecule has 2 heterocycles. The van der Waals surface area contributed by atoms with Gasteiger partial charge in [0, 0.05) is 18.1 Å². The molecule has 2 heteroatoms. The molecule has 2 fully saturated rings. The minimum atomic E-state index is 0.738. The highest BCUT2D eigenvalue weighted by Crippen LogP contribution is 2.40. The van der Waals surface area contributed by atoms with Crippen molar-refractivity contribution in [3.63, 3.8) is 0 Å². The summed E-state index contributed by atoms with van der Waals surface area (Å²) in [7, 11) is 4.48. The van der Waals surface area contributed by atoms with Gasteiger partial charge in [-0.2, -0.15) is 0 Å². The van der Waals surface area contributed by atoms with Crippen LogP contribution in [0.25, 0.3) is 0 Å². The summed E-state index contributed by atoms with van der Waals surface area (Å²) in [6.45, 7) is 4.72. The van der Waals surface area contributed by atoms with Crippen LogP contribution in [0.2, 0.25) is 0 Å². The van der Waals surface area contributed by atoms with Crippen molar-refractivity contribution in [2.45, 2.75) is 64.1 Å². The van der Waals surface area contributed by atoms with E-state index in [0.717, 1.165) is 30.0 Å². The van der Waals surface area contributed by atoms with Crippen LogP contribution in [0.15, 0.2) is 0 Å². The highest BCUT2D eigenvalue weighted by atomic mass is 15.2. The number of nitrogens with zero attached hydrogens (tertiary/aromatic N) is 1. The number of nitrogens with one attached hydrogen (secondary N) is 1. The van der Waals surface area contributed by atoms with Crippen LogP contribution >= 0.6 is 0 Å². The lowest BCUT2D eigenvalue weighted by molar-refractivity contribution is 0.0994. The van der Waals surface area contributed by atoms with Gasteiger partial charge in [-0.05, 0) is 51.6 Å². The fourth-order valence-corrected chi connectivity index (χ4v) is 3.99. The smallest absolute Gasteiger partial charge is 0.0119 e. The van der Waals surface area contributed by atoms with E-state index in [4.69, 9.17) is 0 Å². The Labute approximate surface area is 101 Å². The van der Waals surface area contributed by atoms with Crippen molar-refractivity contribution in [2.75, 3.05) is 14.1 Å². The summed E-state index contributed by atoms with van der Waals surface area (Å²) in [5.41, 5.74) is 0. The third-order valence-electron chi connectivity index (χ3n) is 5.23. The van der Waals surface area contributed by atoms with Crippen LogP contribution in [0.4, 0.5) is 0 Å². The molecule has 0 spiro atoms. The second-order valence-corrected chi connectivity index (χ2v) is 5.98. The SMILES string of the molecule is CCC(C)C(NC)C1CC2CCC(C1)N2C. The Bertz CT molecular complexity index is 215. The van der Waals surface area contributed by atoms with Gasteiger partial charge in [-0.25, -0.2) is 0 Å². The quantitative estimate of drug-likeness (QED) is 0.789. The van der Waals surface area contributed by atoms with Crippen molar-refractivity contribution in [2.24, 2.45) is 11.8 Å². The van der Waals surface area contributed by atoms with E-state index in [1.165, 1.54) is 32.1 Å². The zero-order valence-corrected chi connectivity index (χ0v) is 11.4. The number of fused-ring (bicyclic) bond motifs is 2. The monoisotopic (exact) mass is 224 g/mol. The van der Waals surface area contributed by atoms with Crippen molar-refractivity contribution in [3.05, 3.63) is 0 Å². The van der Waals surface area contributed by atoms with Gasteiger partial charge in [-0.1, -0.05) is 20.3 Å². The van der Waals surface area contributed by atoms with Gasteiger partial charge < -0.3 is 10.2 Å². The van der Waals surface area contributed by atoms with Gasteiger partial charge in [-0.3, -0.25) is 0 Å². The van der Waals surface area contributed by atoms with Gasteiger partial charge in [0.25, 0.3) is 0 Å². The molecule has 0 aromatic rings. The zero-order valence-electron chi connectivity index (χ0n) is 11.4. The van der Waals surface area contributed by atoms with E-state index in [-0.39, 0.29) is 0 Å². The van der Waals surface area contributed by atoms with Crippen LogP contribution in [0, 0.1) is 11.8 Å². The summed E-state index contributed by atoms with van der Waals surface area (Å²) in [5, 5.41) is 3.59. The van der Waals surface area contributed by atoms with Gasteiger partial charge in [0.05, 0.1) is 0 Å². The molecule has 2 nitrogen and oxygen atoms in total. The minimum absolute atomic E-state index is 0.738. The van der Waals surface area contributed by atoms with Crippen molar-refractivity contribution >= 4 is 0 Å². The highest BCUT2D eigenvalue weighted by Gasteiger charge is 2.41. The van der Waals surface area contributed by atoms with Gasteiger partial charge in [0.15, 0.2) is 0 Å². The van der Waals surface area contributed by atoms with Crippen molar-refractivity contribution < 1.29 is 0 Å². The molecule has 2 saturated heterocycles. The maximum absolute atomic E-state index is 3.59. The van der Waals surface area contributed by atoms with E-state index in [1.807, 2.05) is 0 Å². The molecule has 0 aliphatic carbocycles. The average molecular weight is 224 g/mol. The standard InChI is InChI=1S/C14H28N2/c1-5-10(2)14(15-3)11-8-12-6-7-13(9-11)16(12)4/h10-15H,5-9H2,1-4H3. The minimum Gasteiger partial charge on any atom is -0.316 e. The molecule has 0 radical (unpaired) electrons. The van der Waals surface area contributed by atoms with Gasteiger partial charge in [-0.15, -0.1) is 0 Å². The molecule has 2 aliphatic heterocycles. The van der Waals surface area contributed by atoms with Gasteiger partial charge in [0.1, 0.15) is 0 Å². The summed E-state index contributed by atoms with van der Waals surface area (Å²) in [6, 6.07) is 2.49. The highest BCUT2D eigenvalue weighted by molar-refractivity contribution is 4.97. The summed E-state index contributed by atoms with van der Waals surface area (Å²) in [6.07, 6.45) is 7.02. The molecule has 2 rings (SSSR count). The van der Waals surface area contributed by atoms with Gasteiger partial charge in [0.2, 0.25) is 0 Å². The topological polar surface area (TPSA) is 15.3 Å². The normalized spacial score (nSPS) is 38.6. The second-order valence-electron chi connectivity index (χ2n) is 5.98. The Morgan fingerprint density at radius 3 is 2.25 bits per heavy atom. The maximum atomic E-state index is 3.59. The third-order valence-corrected chi connectivity index (χ3v) is 5.23. The van der Waals surface area contributed by atoms with Gasteiger partial charge >= 0.3 is 0 Å². The predicted octanol–water partition coefficient (Wildman–Crippen LogP) is 2.49. The Kier molecular flexibility index (Phi) is 3.91. The molecule has 0 saturated carbocycles. The first-order chi connectivity index (χ1) is 7.67. The molecule has 2 aliphatic rings. The maximum Gasteiger partial charge on any atom is 0.0119 e. The van der Waals surface area contributed by atoms with Crippen LogP contribution in [-0.4, -0.2) is 37.1 Å². The summed E-state index contributed by atoms with van der Waals surface area (Å²) in [5.74, 6) is 1.73. The Morgan fingerprint density at radius 2 is 1.81 bits per heavy atom. The summed E-state index contributed by atoms with van der Waals surface area (Å²) in [4.78, 5) is 2.64. The molecule has 1 N–H and O–H groups in total. The lowest BCUT2D eigenvalue weighted by Crippen LogP contribution is -2.48. The van der Waals surface area contributed by atoms with Crippen LogP contribution in [0.5, 0.6) is 0 Å². The second kappa shape index (κ2) is 5.05. The molecular weight excluding hydrogens is 196 g/mol. The first kappa shape index (κ1) is 12.4. The zero-order chi connectivity index (χ0) is 11.7. The van der Waals surface area contributed by atoms with E-state index >= 15 is 0 Å². The predicted molar refractivity (Wildman–Crippen MR) is 69.6 cm³/mol. The van der Waals surface area contributed by atoms with Crippen LogP contribution in [-0.2, 0) is 0 Å². The lowest BCUT2D eigenvalue weighted by atomic mass is 9.79. The van der Waals surface area contributed by atoms with Crippen LogP contribution in [0.3, 0.4) is 0 Å². The fraction of sp³-hybridized carbons (Fsp3) is 1.00.